The summed E-state index contributed by atoms with van der Waals surface area (Å²) in [5.41, 5.74) is 2.53. The van der Waals surface area contributed by atoms with Crippen LogP contribution in [0.5, 0.6) is 5.75 Å². The van der Waals surface area contributed by atoms with E-state index in [2.05, 4.69) is 15.0 Å². The summed E-state index contributed by atoms with van der Waals surface area (Å²) < 4.78 is 7.82. The molecule has 4 aromatic rings. The highest BCUT2D eigenvalue weighted by Crippen LogP contribution is 2.18. The van der Waals surface area contributed by atoms with Crippen molar-refractivity contribution in [2.45, 2.75) is 6.61 Å². The number of rotatable bonds is 5. The molecule has 0 saturated carbocycles. The number of aromatic nitrogens is 4. The van der Waals surface area contributed by atoms with Gasteiger partial charge in [0.2, 0.25) is 0 Å². The fourth-order valence-corrected chi connectivity index (χ4v) is 3.80. The van der Waals surface area contributed by atoms with Crippen LogP contribution < -0.4 is 4.74 Å². The molecule has 166 valence electrons. The number of imidazole rings is 1. The Morgan fingerprint density at radius 1 is 0.939 bits per heavy atom. The van der Waals surface area contributed by atoms with Crippen LogP contribution in [0.1, 0.15) is 26.5 Å². The van der Waals surface area contributed by atoms with Gasteiger partial charge in [-0.15, -0.1) is 0 Å². The first kappa shape index (κ1) is 20.6. The largest absolute Gasteiger partial charge is 0.487 e. The zero-order chi connectivity index (χ0) is 22.6. The zero-order valence-corrected chi connectivity index (χ0v) is 17.9. The van der Waals surface area contributed by atoms with Crippen LogP contribution in [0, 0.1) is 0 Å². The smallest absolute Gasteiger partial charge is 0.274 e. The van der Waals surface area contributed by atoms with Crippen LogP contribution in [0.15, 0.2) is 73.4 Å². The first-order valence-corrected chi connectivity index (χ1v) is 10.7. The van der Waals surface area contributed by atoms with Gasteiger partial charge >= 0.3 is 0 Å². The van der Waals surface area contributed by atoms with Gasteiger partial charge in [-0.25, -0.2) is 9.97 Å². The molecule has 33 heavy (non-hydrogen) atoms. The molecule has 1 aliphatic heterocycles. The molecule has 5 rings (SSSR count). The quantitative estimate of drug-likeness (QED) is 0.471. The van der Waals surface area contributed by atoms with E-state index in [1.807, 2.05) is 41.1 Å². The fraction of sp³-hybridized carbons (Fsp3) is 0.208. The van der Waals surface area contributed by atoms with Gasteiger partial charge in [0.1, 0.15) is 23.7 Å². The van der Waals surface area contributed by atoms with Crippen molar-refractivity contribution in [1.82, 2.24) is 29.2 Å². The van der Waals surface area contributed by atoms with Crippen molar-refractivity contribution in [3.05, 3.63) is 90.4 Å². The number of fused-ring (bicyclic) bond motifs is 1. The minimum absolute atomic E-state index is 0.0835. The summed E-state index contributed by atoms with van der Waals surface area (Å²) in [6.45, 7) is 2.12. The lowest BCUT2D eigenvalue weighted by Crippen LogP contribution is -2.50. The van der Waals surface area contributed by atoms with Crippen molar-refractivity contribution in [1.29, 1.82) is 0 Å². The molecule has 0 bridgehead atoms. The average molecular weight is 442 g/mol. The number of pyridine rings is 1. The van der Waals surface area contributed by atoms with E-state index in [1.54, 1.807) is 28.0 Å². The third kappa shape index (κ3) is 4.52. The maximum absolute atomic E-state index is 13.0. The van der Waals surface area contributed by atoms with Gasteiger partial charge in [0.15, 0.2) is 0 Å². The minimum Gasteiger partial charge on any atom is -0.487 e. The van der Waals surface area contributed by atoms with E-state index in [0.717, 1.165) is 11.3 Å². The molecule has 4 heterocycles. The molecule has 0 aliphatic carbocycles. The van der Waals surface area contributed by atoms with Gasteiger partial charge in [-0.1, -0.05) is 12.1 Å². The predicted molar refractivity (Wildman–Crippen MR) is 120 cm³/mol. The first-order valence-electron chi connectivity index (χ1n) is 10.7. The number of piperazine rings is 1. The molecular formula is C24H22N6O3. The lowest BCUT2D eigenvalue weighted by atomic mass is 10.1. The minimum atomic E-state index is -0.169. The molecule has 0 N–H and O–H groups in total. The number of amides is 2. The van der Waals surface area contributed by atoms with E-state index in [9.17, 15) is 9.59 Å². The SMILES string of the molecule is O=C(c1cccc(OCc2cn3ccccc3n2)c1)N1CCN(C(=O)c2cnccn2)CC1. The Morgan fingerprint density at radius 3 is 2.52 bits per heavy atom. The molecule has 0 spiro atoms. The molecular weight excluding hydrogens is 420 g/mol. The van der Waals surface area contributed by atoms with Gasteiger partial charge in [-0.2, -0.15) is 0 Å². The van der Waals surface area contributed by atoms with Crippen molar-refractivity contribution in [3.63, 3.8) is 0 Å². The summed E-state index contributed by atoms with van der Waals surface area (Å²) in [6.07, 6.45) is 8.34. The molecule has 0 unspecified atom stereocenters. The molecule has 1 saturated heterocycles. The van der Waals surface area contributed by atoms with Gasteiger partial charge in [-0.05, 0) is 30.3 Å². The van der Waals surface area contributed by atoms with E-state index >= 15 is 0 Å². The predicted octanol–water partition coefficient (Wildman–Crippen LogP) is 2.30. The second-order valence-electron chi connectivity index (χ2n) is 7.69. The van der Waals surface area contributed by atoms with Crippen molar-refractivity contribution < 1.29 is 14.3 Å². The van der Waals surface area contributed by atoms with Crippen molar-refractivity contribution in [2.24, 2.45) is 0 Å². The third-order valence-corrected chi connectivity index (χ3v) is 5.52. The number of benzene rings is 1. The van der Waals surface area contributed by atoms with Crippen molar-refractivity contribution in [3.8, 4) is 5.75 Å². The number of ether oxygens (including phenoxy) is 1. The Bertz CT molecular complexity index is 1250. The third-order valence-electron chi connectivity index (χ3n) is 5.52. The van der Waals surface area contributed by atoms with Gasteiger partial charge in [0.05, 0.1) is 11.9 Å². The molecule has 3 aromatic heterocycles. The zero-order valence-electron chi connectivity index (χ0n) is 17.9. The lowest BCUT2D eigenvalue weighted by Gasteiger charge is -2.34. The van der Waals surface area contributed by atoms with Crippen molar-refractivity contribution in [2.75, 3.05) is 26.2 Å². The summed E-state index contributed by atoms with van der Waals surface area (Å²) in [6, 6.07) is 13.0. The Morgan fingerprint density at radius 2 is 1.76 bits per heavy atom. The summed E-state index contributed by atoms with van der Waals surface area (Å²) >= 11 is 0. The molecule has 1 aliphatic rings. The number of hydrogen-bond donors (Lipinski definition) is 0. The Labute approximate surface area is 190 Å². The number of carbonyl (C=O) groups excluding carboxylic acids is 2. The van der Waals surface area contributed by atoms with Crippen LogP contribution in [0.4, 0.5) is 0 Å². The highest BCUT2D eigenvalue weighted by atomic mass is 16.5. The second-order valence-corrected chi connectivity index (χ2v) is 7.69. The van der Waals surface area contributed by atoms with E-state index < -0.39 is 0 Å². The van der Waals surface area contributed by atoms with Crippen LogP contribution in [0.25, 0.3) is 5.65 Å². The van der Waals surface area contributed by atoms with E-state index in [-0.39, 0.29) is 11.8 Å². The Hall–Kier alpha value is -4.27. The molecule has 1 aromatic carbocycles. The topological polar surface area (TPSA) is 92.9 Å². The molecule has 1 fully saturated rings. The second kappa shape index (κ2) is 9.07. The van der Waals surface area contributed by atoms with Gasteiger partial charge < -0.3 is 18.9 Å². The molecule has 9 heteroatoms. The maximum atomic E-state index is 13.0. The fourth-order valence-electron chi connectivity index (χ4n) is 3.80. The van der Waals surface area contributed by atoms with Crippen LogP contribution in [0.2, 0.25) is 0 Å². The van der Waals surface area contributed by atoms with E-state index in [1.165, 1.54) is 18.6 Å². The highest BCUT2D eigenvalue weighted by Gasteiger charge is 2.26. The van der Waals surface area contributed by atoms with Gasteiger partial charge in [0.25, 0.3) is 11.8 Å². The molecule has 9 nitrogen and oxygen atoms in total. The Kier molecular flexibility index (Phi) is 5.67. The van der Waals surface area contributed by atoms with Crippen LogP contribution in [-0.2, 0) is 6.61 Å². The monoisotopic (exact) mass is 442 g/mol. The first-order chi connectivity index (χ1) is 16.2. The van der Waals surface area contributed by atoms with E-state index in [4.69, 9.17) is 4.74 Å². The molecule has 0 radical (unpaired) electrons. The van der Waals surface area contributed by atoms with Gasteiger partial charge in [-0.3, -0.25) is 14.6 Å². The molecule has 2 amide bonds. The van der Waals surface area contributed by atoms with Crippen molar-refractivity contribution >= 4 is 17.5 Å². The van der Waals surface area contributed by atoms with E-state index in [0.29, 0.717) is 49.8 Å². The summed E-state index contributed by atoms with van der Waals surface area (Å²) in [7, 11) is 0. The number of nitrogens with zero attached hydrogens (tertiary/aromatic N) is 6. The summed E-state index contributed by atoms with van der Waals surface area (Å²) in [4.78, 5) is 41.5. The summed E-state index contributed by atoms with van der Waals surface area (Å²) in [5.74, 6) is 0.353. The molecule has 0 atom stereocenters. The standard InChI is InChI=1S/C24H22N6O3/c31-23(28-10-12-29(13-11-28)24(32)21-15-25-7-8-26-21)18-4-3-5-20(14-18)33-17-19-16-30-9-2-1-6-22(30)27-19/h1-9,14-16H,10-13,17H2. The van der Waals surface area contributed by atoms with Crippen LogP contribution in [-0.4, -0.2) is 67.1 Å². The average Bonchev–Trinajstić information content (AvgIpc) is 3.30. The summed E-state index contributed by atoms with van der Waals surface area (Å²) in [5, 5.41) is 0. The highest BCUT2D eigenvalue weighted by molar-refractivity contribution is 5.95. The lowest BCUT2D eigenvalue weighted by molar-refractivity contribution is 0.0532. The van der Waals surface area contributed by atoms with Gasteiger partial charge in [0, 0.05) is 56.5 Å². The normalized spacial score (nSPS) is 13.8. The Balaban J connectivity index is 1.19. The number of hydrogen-bond acceptors (Lipinski definition) is 6. The number of carbonyl (C=O) groups is 2. The maximum Gasteiger partial charge on any atom is 0.274 e. The van der Waals surface area contributed by atoms with Crippen LogP contribution >= 0.6 is 0 Å². The van der Waals surface area contributed by atoms with Crippen LogP contribution in [0.3, 0.4) is 0 Å².